The quantitative estimate of drug-likeness (QED) is 0.0169. The molecule has 1 aromatic carbocycles. The van der Waals surface area contributed by atoms with Crippen LogP contribution in [0.4, 0.5) is 0 Å². The summed E-state index contributed by atoms with van der Waals surface area (Å²) in [5.74, 6) is -13.5. The number of phenolic OH excluding ortho intramolecular Hbond substituents is 1. The van der Waals surface area contributed by atoms with Crippen molar-refractivity contribution in [3.63, 3.8) is 0 Å². The maximum absolute atomic E-state index is 13.8. The van der Waals surface area contributed by atoms with Crippen LogP contribution in [0, 0.1) is 11.8 Å². The maximum atomic E-state index is 13.8. The number of hydrogen-bond acceptors (Lipinski definition) is 18. The molecule has 0 aliphatic rings. The third-order valence-electron chi connectivity index (χ3n) is 11.6. The number of hydrogen-bond donors (Lipinski definition) is 19. The summed E-state index contributed by atoms with van der Waals surface area (Å²) in [6.07, 6.45) is -0.706. The van der Waals surface area contributed by atoms with Gasteiger partial charge in [-0.3, -0.25) is 62.5 Å². The summed E-state index contributed by atoms with van der Waals surface area (Å²) in [7, 11) is 0. The topological polar surface area (TPSA) is 543 Å². The number of nitrogens with two attached hydrogens (primary N) is 4. The zero-order valence-electron chi connectivity index (χ0n) is 45.4. The maximum Gasteiger partial charge on any atom is 0.325 e. The van der Waals surface area contributed by atoms with E-state index in [1.165, 1.54) is 52.0 Å². The van der Waals surface area contributed by atoms with E-state index in [1.807, 2.05) is 0 Å². The van der Waals surface area contributed by atoms with Crippen molar-refractivity contribution < 1.29 is 83.1 Å². The summed E-state index contributed by atoms with van der Waals surface area (Å²) in [5, 5.41) is 72.4. The minimum atomic E-state index is -1.83. The number of carboxylic acids is 1. The van der Waals surface area contributed by atoms with Gasteiger partial charge >= 0.3 is 5.97 Å². The molecule has 0 aromatic heterocycles. The lowest BCUT2D eigenvalue weighted by molar-refractivity contribution is -0.142. The summed E-state index contributed by atoms with van der Waals surface area (Å²) in [6, 6.07) is -9.37. The summed E-state index contributed by atoms with van der Waals surface area (Å²) in [5.41, 5.74) is 22.1. The molecule has 23 N–H and O–H groups in total. The van der Waals surface area contributed by atoms with Crippen LogP contribution in [0.25, 0.3) is 0 Å². The van der Waals surface area contributed by atoms with E-state index in [-0.39, 0.29) is 43.4 Å². The van der Waals surface area contributed by atoms with Crippen molar-refractivity contribution in [2.45, 2.75) is 140 Å². The van der Waals surface area contributed by atoms with Gasteiger partial charge in [0.2, 0.25) is 65.0 Å². The normalized spacial score (nSPS) is 14.8. The number of aliphatic carboxylic acids is 1. The van der Waals surface area contributed by atoms with Crippen molar-refractivity contribution >= 4 is 76.9 Å². The molecule has 0 unspecified atom stereocenters. The van der Waals surface area contributed by atoms with E-state index in [4.69, 9.17) is 22.9 Å². The first-order chi connectivity index (χ1) is 37.4. The average Bonchev–Trinajstić information content (AvgIpc) is 3.38. The van der Waals surface area contributed by atoms with Crippen LogP contribution in [-0.2, 0) is 64.0 Å². The number of aliphatic hydroxyl groups is 3. The SMILES string of the molecule is CC(C)C[C@H](NC(=O)[C@H](Cc1ccc(O)cc1)NC(=O)[C@H](CO)NC(=O)CNC(=O)[C@@H](NC(=O)[C@H](CO)NC(=O)[C@H](CCC(N)=O)NC(=O)[C@H](CO)NC(=O)[C@H](C)NC(=O)[C@@H](N)CCCN=C(N)N)C(C)C)C(=O)N[C@@H](C)C(=O)O. The number of nitrogens with one attached hydrogen (secondary N) is 10. The van der Waals surface area contributed by atoms with Crippen molar-refractivity contribution in [2.24, 2.45) is 39.8 Å². The molecule has 10 atom stereocenters. The number of amides is 11. The Morgan fingerprint density at radius 2 is 1.00 bits per heavy atom. The number of rotatable bonds is 36. The number of carbonyl (C=O) groups excluding carboxylic acids is 11. The Hall–Kier alpha value is -8.23. The molecule has 0 spiro atoms. The molecule has 0 heterocycles. The van der Waals surface area contributed by atoms with Gasteiger partial charge in [0.05, 0.1) is 32.4 Å². The molecule has 0 fully saturated rings. The lowest BCUT2D eigenvalue weighted by Gasteiger charge is -2.27. The third-order valence-corrected chi connectivity index (χ3v) is 11.6. The number of carbonyl (C=O) groups is 12. The number of aliphatic hydroxyl groups excluding tert-OH is 3. The predicted molar refractivity (Wildman–Crippen MR) is 283 cm³/mol. The van der Waals surface area contributed by atoms with E-state index in [9.17, 15) is 83.1 Å². The van der Waals surface area contributed by atoms with Crippen LogP contribution in [0.2, 0.25) is 0 Å². The molecule has 448 valence electrons. The van der Waals surface area contributed by atoms with Crippen LogP contribution in [0.1, 0.15) is 79.2 Å². The van der Waals surface area contributed by atoms with E-state index in [0.717, 1.165) is 0 Å². The van der Waals surface area contributed by atoms with Gasteiger partial charge in [0.15, 0.2) is 5.96 Å². The number of phenols is 1. The number of benzene rings is 1. The zero-order chi connectivity index (χ0) is 61.0. The van der Waals surface area contributed by atoms with Crippen molar-refractivity contribution in [2.75, 3.05) is 32.9 Å². The van der Waals surface area contributed by atoms with Crippen molar-refractivity contribution in [3.8, 4) is 5.75 Å². The predicted octanol–water partition coefficient (Wildman–Crippen LogP) is -8.14. The second kappa shape index (κ2) is 35.3. The molecule has 11 amide bonds. The molecule has 0 aliphatic heterocycles. The Labute approximate surface area is 460 Å². The Bertz CT molecular complexity index is 2340. The molecule has 32 heteroatoms. The molecule has 0 radical (unpaired) electrons. The van der Waals surface area contributed by atoms with Gasteiger partial charge in [0.25, 0.3) is 0 Å². The van der Waals surface area contributed by atoms with E-state index in [1.54, 1.807) is 13.8 Å². The molecule has 32 nitrogen and oxygen atoms in total. The average molecular weight is 1140 g/mol. The van der Waals surface area contributed by atoms with Crippen LogP contribution < -0.4 is 76.1 Å². The number of guanidine groups is 1. The second-order valence-corrected chi connectivity index (χ2v) is 19.3. The Morgan fingerprint density at radius 3 is 1.51 bits per heavy atom. The highest BCUT2D eigenvalue weighted by molar-refractivity contribution is 5.98. The van der Waals surface area contributed by atoms with E-state index in [0.29, 0.717) is 12.0 Å². The molecule has 0 bridgehead atoms. The van der Waals surface area contributed by atoms with Crippen LogP contribution in [0.3, 0.4) is 0 Å². The molecule has 0 saturated heterocycles. The standard InChI is InChI=1S/C48H79N15O17/c1-22(2)16-30(41(73)56-25(6)47(79)80)59-42(74)31(17-26-9-11-27(67)12-10-26)60-43(75)32(19-64)57-36(69)18-54-46(78)37(23(3)4)63-45(77)34(21-66)62-40(72)29(13-14-35(50)68)58-44(76)33(20-65)61-38(70)24(5)55-39(71)28(49)8-7-15-53-48(51)52/h9-12,22-25,28-34,37,64-67H,7-8,13-21,49H2,1-6H3,(H2,50,68)(H,54,78)(H,55,71)(H,56,73)(H,57,69)(H,58,76)(H,59,74)(H,60,75)(H,61,70)(H,62,72)(H,63,77)(H,79,80)(H4,51,52,53)/t24-,25-,28-,29-,30-,31-,32-,33-,34-,37-/m0/s1. The third kappa shape index (κ3) is 25.9. The van der Waals surface area contributed by atoms with Gasteiger partial charge < -0.3 is 102 Å². The summed E-state index contributed by atoms with van der Waals surface area (Å²) in [6.45, 7) is 5.11. The highest BCUT2D eigenvalue weighted by atomic mass is 16.4. The molecule has 0 aliphatic carbocycles. The minimum absolute atomic E-state index is 0.0553. The Kier molecular flexibility index (Phi) is 30.8. The first kappa shape index (κ1) is 69.8. The smallest absolute Gasteiger partial charge is 0.325 e. The Balaban J connectivity index is 3.11. The van der Waals surface area contributed by atoms with Gasteiger partial charge in [-0.2, -0.15) is 0 Å². The lowest BCUT2D eigenvalue weighted by Crippen LogP contribution is -2.61. The highest BCUT2D eigenvalue weighted by Gasteiger charge is 2.35. The molecular formula is C48H79N15O17. The van der Waals surface area contributed by atoms with Gasteiger partial charge in [-0.05, 0) is 69.1 Å². The monoisotopic (exact) mass is 1140 g/mol. The van der Waals surface area contributed by atoms with Crippen LogP contribution in [0.5, 0.6) is 5.75 Å². The fraction of sp³-hybridized carbons (Fsp3) is 0.604. The van der Waals surface area contributed by atoms with Crippen molar-refractivity contribution in [3.05, 3.63) is 29.8 Å². The summed E-state index contributed by atoms with van der Waals surface area (Å²) in [4.78, 5) is 160. The van der Waals surface area contributed by atoms with Crippen LogP contribution in [-0.4, -0.2) is 196 Å². The van der Waals surface area contributed by atoms with Crippen LogP contribution >= 0.6 is 0 Å². The zero-order valence-corrected chi connectivity index (χ0v) is 45.4. The fourth-order valence-electron chi connectivity index (χ4n) is 7.03. The second-order valence-electron chi connectivity index (χ2n) is 19.3. The van der Waals surface area contributed by atoms with Crippen molar-refractivity contribution in [1.82, 2.24) is 53.2 Å². The Morgan fingerprint density at radius 1 is 0.537 bits per heavy atom. The largest absolute Gasteiger partial charge is 0.508 e. The summed E-state index contributed by atoms with van der Waals surface area (Å²) >= 11 is 0. The first-order valence-corrected chi connectivity index (χ1v) is 25.4. The van der Waals surface area contributed by atoms with E-state index >= 15 is 0 Å². The number of nitrogens with zero attached hydrogens (tertiary/aromatic N) is 1. The van der Waals surface area contributed by atoms with E-state index < -0.39 is 176 Å². The number of primary amides is 1. The minimum Gasteiger partial charge on any atom is -0.508 e. The fourth-order valence-corrected chi connectivity index (χ4v) is 7.03. The van der Waals surface area contributed by atoms with Gasteiger partial charge in [-0.15, -0.1) is 0 Å². The molecule has 1 aromatic rings. The lowest BCUT2D eigenvalue weighted by atomic mass is 10.0. The molecule has 80 heavy (non-hydrogen) atoms. The first-order valence-electron chi connectivity index (χ1n) is 25.4. The molecule has 0 saturated carbocycles. The van der Waals surface area contributed by atoms with Gasteiger partial charge in [-0.25, -0.2) is 0 Å². The number of aliphatic imine (C=N–C) groups is 1. The highest BCUT2D eigenvalue weighted by Crippen LogP contribution is 2.13. The number of aromatic hydroxyl groups is 1. The van der Waals surface area contributed by atoms with E-state index in [2.05, 4.69) is 58.2 Å². The molecule has 1 rings (SSSR count). The summed E-state index contributed by atoms with van der Waals surface area (Å²) < 4.78 is 0. The van der Waals surface area contributed by atoms with Crippen LogP contribution in [0.15, 0.2) is 29.3 Å². The number of carboxylic acid groups (broad SMARTS) is 1. The molecular weight excluding hydrogens is 1060 g/mol. The van der Waals surface area contributed by atoms with Gasteiger partial charge in [0.1, 0.15) is 60.1 Å². The van der Waals surface area contributed by atoms with Gasteiger partial charge in [-0.1, -0.05) is 39.8 Å². The van der Waals surface area contributed by atoms with Gasteiger partial charge in [0, 0.05) is 19.4 Å². The van der Waals surface area contributed by atoms with Crippen molar-refractivity contribution in [1.29, 1.82) is 0 Å².